The van der Waals surface area contributed by atoms with Gasteiger partial charge in [-0.05, 0) is 0 Å². The summed E-state index contributed by atoms with van der Waals surface area (Å²) in [6, 6.07) is 0. The number of nitrogens with one attached hydrogen (secondary N) is 2. The van der Waals surface area contributed by atoms with Gasteiger partial charge in [-0.1, -0.05) is 0 Å². The topological polar surface area (TPSA) is 40.7 Å². The van der Waals surface area contributed by atoms with Gasteiger partial charge >= 0.3 is 0 Å². The molecule has 60 valence electrons. The molecule has 3 nitrogen and oxygen atoms in total. The number of halogens is 1. The van der Waals surface area contributed by atoms with Crippen LogP contribution >= 0.6 is 0 Å². The molecule has 11 heavy (non-hydrogen) atoms. The van der Waals surface area contributed by atoms with Crippen LogP contribution < -0.4 is 5.32 Å². The molecule has 1 aromatic rings. The molecule has 2 N–H and O–H groups in total. The Morgan fingerprint density at radius 2 is 2.45 bits per heavy atom. The van der Waals surface area contributed by atoms with Crippen molar-refractivity contribution in [1.82, 2.24) is 15.3 Å². The van der Waals surface area contributed by atoms with Gasteiger partial charge in [-0.15, -0.1) is 0 Å². The van der Waals surface area contributed by atoms with Gasteiger partial charge < -0.3 is 10.3 Å². The van der Waals surface area contributed by atoms with E-state index in [4.69, 9.17) is 0 Å². The Labute approximate surface area is 64.0 Å². The summed E-state index contributed by atoms with van der Waals surface area (Å²) in [6.07, 6.45) is 0.909. The molecule has 4 heteroatoms. The number of imidazole rings is 1. The van der Waals surface area contributed by atoms with Crippen LogP contribution in [0.2, 0.25) is 0 Å². The third-order valence-corrected chi connectivity index (χ3v) is 1.88. The van der Waals surface area contributed by atoms with E-state index in [0.717, 1.165) is 30.9 Å². The van der Waals surface area contributed by atoms with Crippen LogP contribution in [-0.2, 0) is 19.6 Å². The van der Waals surface area contributed by atoms with Gasteiger partial charge in [-0.25, -0.2) is 9.37 Å². The first kappa shape index (κ1) is 6.79. The van der Waals surface area contributed by atoms with Gasteiger partial charge in [-0.2, -0.15) is 0 Å². The van der Waals surface area contributed by atoms with Crippen LogP contribution in [0.5, 0.6) is 0 Å². The largest absolute Gasteiger partial charge is 0.342 e. The molecule has 0 spiro atoms. The highest BCUT2D eigenvalue weighted by molar-refractivity contribution is 5.17. The average Bonchev–Trinajstić information content (AvgIpc) is 2.46. The van der Waals surface area contributed by atoms with Crippen molar-refractivity contribution >= 4 is 0 Å². The van der Waals surface area contributed by atoms with E-state index in [2.05, 4.69) is 15.3 Å². The molecule has 1 aromatic heterocycles. The van der Waals surface area contributed by atoms with Crippen LogP contribution in [-0.4, -0.2) is 16.5 Å². The van der Waals surface area contributed by atoms with Gasteiger partial charge in [0, 0.05) is 19.5 Å². The highest BCUT2D eigenvalue weighted by Crippen LogP contribution is 2.10. The number of aromatic amines is 1. The van der Waals surface area contributed by atoms with Crippen molar-refractivity contribution in [2.45, 2.75) is 19.6 Å². The summed E-state index contributed by atoms with van der Waals surface area (Å²) in [7, 11) is 0. The summed E-state index contributed by atoms with van der Waals surface area (Å²) >= 11 is 0. The maximum Gasteiger partial charge on any atom is 0.147 e. The van der Waals surface area contributed by atoms with Crippen molar-refractivity contribution < 1.29 is 4.39 Å². The Bertz CT molecular complexity index is 233. The number of nitrogens with zero attached hydrogens (tertiary/aromatic N) is 1. The maximum absolute atomic E-state index is 12.1. The molecule has 0 unspecified atom stereocenters. The molecule has 0 aromatic carbocycles. The molecular formula is C7H10FN3. The zero-order valence-corrected chi connectivity index (χ0v) is 6.15. The lowest BCUT2D eigenvalue weighted by atomic mass is 10.2. The molecule has 0 saturated carbocycles. The third-order valence-electron chi connectivity index (χ3n) is 1.88. The first-order valence-corrected chi connectivity index (χ1v) is 3.73. The van der Waals surface area contributed by atoms with Crippen LogP contribution in [0.15, 0.2) is 0 Å². The van der Waals surface area contributed by atoms with Gasteiger partial charge in [-0.3, -0.25) is 0 Å². The summed E-state index contributed by atoms with van der Waals surface area (Å²) in [5.41, 5.74) is 2.07. The normalized spacial score (nSPS) is 16.5. The van der Waals surface area contributed by atoms with Crippen molar-refractivity contribution in [3.8, 4) is 0 Å². The SMILES string of the molecule is FCc1nc2c([nH]1)CNCC2. The van der Waals surface area contributed by atoms with Crippen molar-refractivity contribution in [3.05, 3.63) is 17.2 Å². The fourth-order valence-electron chi connectivity index (χ4n) is 1.34. The zero-order chi connectivity index (χ0) is 7.68. The first-order chi connectivity index (χ1) is 5.40. The maximum atomic E-state index is 12.1. The fourth-order valence-corrected chi connectivity index (χ4v) is 1.34. The van der Waals surface area contributed by atoms with Gasteiger partial charge in [0.25, 0.3) is 0 Å². The van der Waals surface area contributed by atoms with E-state index >= 15 is 0 Å². The fraction of sp³-hybridized carbons (Fsp3) is 0.571. The Hall–Kier alpha value is -0.900. The van der Waals surface area contributed by atoms with Crippen molar-refractivity contribution in [3.63, 3.8) is 0 Å². The van der Waals surface area contributed by atoms with Crippen LogP contribution in [0, 0.1) is 0 Å². The van der Waals surface area contributed by atoms with E-state index in [1.807, 2.05) is 0 Å². The molecule has 0 atom stereocenters. The average molecular weight is 155 g/mol. The number of hydrogen-bond acceptors (Lipinski definition) is 2. The highest BCUT2D eigenvalue weighted by Gasteiger charge is 2.12. The van der Waals surface area contributed by atoms with E-state index in [1.54, 1.807) is 0 Å². The molecule has 1 aliphatic heterocycles. The Morgan fingerprint density at radius 1 is 1.55 bits per heavy atom. The standard InChI is InChI=1S/C7H10FN3/c8-3-7-10-5-1-2-9-4-6(5)11-7/h9H,1-4H2,(H,10,11). The number of H-pyrrole nitrogens is 1. The van der Waals surface area contributed by atoms with Gasteiger partial charge in [0.1, 0.15) is 12.5 Å². The molecule has 2 heterocycles. The smallest absolute Gasteiger partial charge is 0.147 e. The Kier molecular flexibility index (Phi) is 1.62. The molecule has 0 amide bonds. The Balaban J connectivity index is 2.32. The predicted octanol–water partition coefficient (Wildman–Crippen LogP) is 0.525. The van der Waals surface area contributed by atoms with Gasteiger partial charge in [0.2, 0.25) is 0 Å². The number of alkyl halides is 1. The second-order valence-corrected chi connectivity index (χ2v) is 2.67. The Morgan fingerprint density at radius 3 is 3.18 bits per heavy atom. The minimum atomic E-state index is -0.493. The van der Waals surface area contributed by atoms with Crippen molar-refractivity contribution in [2.75, 3.05) is 6.54 Å². The van der Waals surface area contributed by atoms with E-state index in [9.17, 15) is 4.39 Å². The van der Waals surface area contributed by atoms with E-state index in [1.165, 1.54) is 0 Å². The quantitative estimate of drug-likeness (QED) is 0.621. The summed E-state index contributed by atoms with van der Waals surface area (Å²) in [5, 5.41) is 3.18. The summed E-state index contributed by atoms with van der Waals surface area (Å²) in [4.78, 5) is 7.03. The minimum Gasteiger partial charge on any atom is -0.342 e. The molecule has 0 fully saturated rings. The molecule has 2 rings (SSSR count). The second kappa shape index (κ2) is 2.62. The van der Waals surface area contributed by atoms with Crippen LogP contribution in [0.25, 0.3) is 0 Å². The lowest BCUT2D eigenvalue weighted by molar-refractivity contribution is 0.467. The monoisotopic (exact) mass is 155 g/mol. The second-order valence-electron chi connectivity index (χ2n) is 2.67. The molecular weight excluding hydrogens is 145 g/mol. The lowest BCUT2D eigenvalue weighted by Gasteiger charge is -2.09. The molecule has 0 saturated heterocycles. The zero-order valence-electron chi connectivity index (χ0n) is 6.15. The lowest BCUT2D eigenvalue weighted by Crippen LogP contribution is -2.23. The van der Waals surface area contributed by atoms with Crippen molar-refractivity contribution in [1.29, 1.82) is 0 Å². The number of hydrogen-bond donors (Lipinski definition) is 2. The van der Waals surface area contributed by atoms with Gasteiger partial charge in [0.05, 0.1) is 11.4 Å². The predicted molar refractivity (Wildman–Crippen MR) is 38.8 cm³/mol. The van der Waals surface area contributed by atoms with E-state index < -0.39 is 6.67 Å². The molecule has 1 aliphatic rings. The van der Waals surface area contributed by atoms with Crippen LogP contribution in [0.3, 0.4) is 0 Å². The number of aromatic nitrogens is 2. The number of rotatable bonds is 1. The molecule has 0 aliphatic carbocycles. The van der Waals surface area contributed by atoms with Crippen LogP contribution in [0.4, 0.5) is 4.39 Å². The minimum absolute atomic E-state index is 0.457. The molecule has 0 bridgehead atoms. The highest BCUT2D eigenvalue weighted by atomic mass is 19.1. The van der Waals surface area contributed by atoms with Crippen molar-refractivity contribution in [2.24, 2.45) is 0 Å². The third kappa shape index (κ3) is 1.14. The number of fused-ring (bicyclic) bond motifs is 1. The van der Waals surface area contributed by atoms with E-state index in [0.29, 0.717) is 5.82 Å². The van der Waals surface area contributed by atoms with E-state index in [-0.39, 0.29) is 0 Å². The molecule has 0 radical (unpaired) electrons. The van der Waals surface area contributed by atoms with Gasteiger partial charge in [0.15, 0.2) is 0 Å². The summed E-state index contributed by atoms with van der Waals surface area (Å²) < 4.78 is 12.1. The summed E-state index contributed by atoms with van der Waals surface area (Å²) in [6.45, 7) is 1.25. The first-order valence-electron chi connectivity index (χ1n) is 3.73. The summed E-state index contributed by atoms with van der Waals surface area (Å²) in [5.74, 6) is 0.457. The van der Waals surface area contributed by atoms with Crippen LogP contribution in [0.1, 0.15) is 17.2 Å².